The van der Waals surface area contributed by atoms with Gasteiger partial charge in [-0.25, -0.2) is 9.97 Å². The second-order valence-electron chi connectivity index (χ2n) is 11.6. The van der Waals surface area contributed by atoms with Crippen LogP contribution in [0.25, 0.3) is 10.8 Å². The van der Waals surface area contributed by atoms with Gasteiger partial charge in [0.15, 0.2) is 10.3 Å². The van der Waals surface area contributed by atoms with Crippen LogP contribution in [0.5, 0.6) is 5.75 Å². The van der Waals surface area contributed by atoms with Crippen LogP contribution in [0.1, 0.15) is 42.6 Å². The van der Waals surface area contributed by atoms with Crippen molar-refractivity contribution in [3.05, 3.63) is 59.4 Å². The Morgan fingerprint density at radius 3 is 1.78 bits per heavy atom. The van der Waals surface area contributed by atoms with Gasteiger partial charge in [0.1, 0.15) is 21.4 Å². The lowest BCUT2D eigenvalue weighted by Gasteiger charge is -2.12. The third-order valence-corrected chi connectivity index (χ3v) is 12.7. The molecule has 0 aliphatic carbocycles. The van der Waals surface area contributed by atoms with Crippen LogP contribution in [0.3, 0.4) is 0 Å². The lowest BCUT2D eigenvalue weighted by molar-refractivity contribution is 0.410. The van der Waals surface area contributed by atoms with Crippen LogP contribution in [0.4, 0.5) is 11.4 Å². The van der Waals surface area contributed by atoms with E-state index >= 15 is 0 Å². The first-order chi connectivity index (χ1) is 25.1. The molecule has 1 aromatic heterocycles. The Morgan fingerprint density at radius 2 is 1.26 bits per heavy atom. The molecule has 0 fully saturated rings. The summed E-state index contributed by atoms with van der Waals surface area (Å²) in [7, 11) is -16.4. The number of fused-ring (bicyclic) bond motifs is 1. The lowest BCUT2D eigenvalue weighted by Crippen LogP contribution is -2.06. The van der Waals surface area contributed by atoms with Crippen LogP contribution in [-0.2, 0) is 46.9 Å². The summed E-state index contributed by atoms with van der Waals surface area (Å²) in [5, 5.41) is 8.64. The van der Waals surface area contributed by atoms with Crippen molar-refractivity contribution in [2.75, 3.05) is 30.1 Å². The second kappa shape index (κ2) is 18.1. The number of benzene rings is 3. The van der Waals surface area contributed by atoms with E-state index in [0.717, 1.165) is 12.1 Å². The Morgan fingerprint density at radius 1 is 0.685 bits per heavy atom. The number of hydrogen-bond acceptors (Lipinski definition) is 16. The zero-order valence-electron chi connectivity index (χ0n) is 28.6. The number of methoxy groups -OCH3 is 1. The molecule has 24 heteroatoms. The van der Waals surface area contributed by atoms with E-state index in [2.05, 4.69) is 25.2 Å². The standard InChI is InChI=1S/C30H35N5O13S6/c1-19-14-20(15-28-31-29(49-10-3-5-12-51(36,37)38)33-30(32-28)50-11-4-6-13-52(39,40)41)25(48-2)18-24(19)35-34-21-16-23-22(27(17-21)54(45,46)47)8-7-9-26(23)53(42,43)44/h7-9,14,16-18H,3-6,10-13,15H2,1-2H3,(H,36,37,38)(H,39,40,41)(H,42,43,44)(H,45,46,47). The first kappa shape index (κ1) is 43.4. The fourth-order valence-corrected chi connectivity index (χ4v) is 9.27. The topological polar surface area (TPSA) is 290 Å². The van der Waals surface area contributed by atoms with E-state index in [4.69, 9.17) is 13.8 Å². The molecule has 0 amide bonds. The fourth-order valence-electron chi connectivity index (χ4n) is 4.95. The average molecular weight is 866 g/mol. The van der Waals surface area contributed by atoms with Gasteiger partial charge in [-0.2, -0.15) is 48.9 Å². The molecule has 0 aliphatic heterocycles. The largest absolute Gasteiger partial charge is 0.496 e. The number of thioether (sulfide) groups is 2. The van der Waals surface area contributed by atoms with E-state index in [1.165, 1.54) is 48.8 Å². The van der Waals surface area contributed by atoms with Crippen molar-refractivity contribution in [2.24, 2.45) is 10.2 Å². The molecule has 0 saturated carbocycles. The summed E-state index contributed by atoms with van der Waals surface area (Å²) in [4.78, 5) is 12.3. The summed E-state index contributed by atoms with van der Waals surface area (Å²) in [6.45, 7) is 1.72. The van der Waals surface area contributed by atoms with Gasteiger partial charge in [-0.05, 0) is 62.4 Å². The van der Waals surface area contributed by atoms with E-state index in [-0.39, 0.29) is 52.9 Å². The maximum absolute atomic E-state index is 12.2. The molecule has 4 N–H and O–H groups in total. The summed E-state index contributed by atoms with van der Waals surface area (Å²) in [5.74, 6) is 0.830. The quantitative estimate of drug-likeness (QED) is 0.0399. The molecule has 0 atom stereocenters. The van der Waals surface area contributed by atoms with Gasteiger partial charge >= 0.3 is 0 Å². The van der Waals surface area contributed by atoms with Crippen molar-refractivity contribution in [3.63, 3.8) is 0 Å². The predicted octanol–water partition coefficient (Wildman–Crippen LogP) is 5.36. The van der Waals surface area contributed by atoms with E-state index in [9.17, 15) is 42.8 Å². The highest BCUT2D eigenvalue weighted by atomic mass is 32.2. The molecule has 4 aromatic rings. The Labute approximate surface area is 320 Å². The smallest absolute Gasteiger partial charge is 0.295 e. The van der Waals surface area contributed by atoms with Crippen LogP contribution in [-0.4, -0.2) is 97.0 Å². The molecule has 0 spiro atoms. The minimum absolute atomic E-state index is 0.148. The number of unbranched alkanes of at least 4 members (excludes halogenated alkanes) is 2. The minimum atomic E-state index is -4.86. The summed E-state index contributed by atoms with van der Waals surface area (Å²) in [6.07, 6.45) is 1.51. The molecule has 0 unspecified atom stereocenters. The molecule has 54 heavy (non-hydrogen) atoms. The first-order valence-electron chi connectivity index (χ1n) is 15.6. The molecule has 4 rings (SSSR count). The number of nitrogens with zero attached hydrogens (tertiary/aromatic N) is 5. The summed E-state index contributed by atoms with van der Waals surface area (Å²) in [6, 6.07) is 9.04. The van der Waals surface area contributed by atoms with Gasteiger partial charge in [-0.3, -0.25) is 18.2 Å². The monoisotopic (exact) mass is 865 g/mol. The van der Waals surface area contributed by atoms with E-state index in [0.29, 0.717) is 57.4 Å². The van der Waals surface area contributed by atoms with Crippen LogP contribution in [0.2, 0.25) is 0 Å². The van der Waals surface area contributed by atoms with Crippen LogP contribution >= 0.6 is 23.5 Å². The highest BCUT2D eigenvalue weighted by Gasteiger charge is 2.22. The Hall–Kier alpha value is -3.33. The first-order valence-corrected chi connectivity index (χ1v) is 23.7. The van der Waals surface area contributed by atoms with Gasteiger partial charge in [0, 0.05) is 40.3 Å². The van der Waals surface area contributed by atoms with Crippen molar-refractivity contribution in [3.8, 4) is 5.75 Å². The van der Waals surface area contributed by atoms with Crippen molar-refractivity contribution in [2.45, 2.75) is 59.1 Å². The van der Waals surface area contributed by atoms with Crippen molar-refractivity contribution < 1.29 is 56.6 Å². The molecular weight excluding hydrogens is 831 g/mol. The molecule has 0 saturated heterocycles. The average Bonchev–Trinajstić information content (AvgIpc) is 3.05. The maximum atomic E-state index is 12.2. The lowest BCUT2D eigenvalue weighted by atomic mass is 10.1. The Kier molecular flexibility index (Phi) is 14.5. The van der Waals surface area contributed by atoms with Gasteiger partial charge in [0.2, 0.25) is 0 Å². The zero-order chi connectivity index (χ0) is 39.9. The van der Waals surface area contributed by atoms with Gasteiger partial charge in [0.05, 0.1) is 30.0 Å². The van der Waals surface area contributed by atoms with E-state index in [1.807, 2.05) is 0 Å². The maximum Gasteiger partial charge on any atom is 0.295 e. The number of rotatable bonds is 19. The molecule has 1 heterocycles. The molecule has 3 aromatic carbocycles. The molecule has 0 bridgehead atoms. The SMILES string of the molecule is COc1cc(N=Nc2cc(S(=O)(=O)O)c3cccc(S(=O)(=O)O)c3c2)c(C)cc1Cc1nc(SCCCCS(=O)(=O)O)nc(SCCCCS(=O)(=O)O)n1. The normalized spacial score (nSPS) is 12.9. The third-order valence-electron chi connectivity index (χ3n) is 7.38. The Bertz CT molecular complexity index is 2440. The van der Waals surface area contributed by atoms with Crippen molar-refractivity contribution in [1.29, 1.82) is 0 Å². The summed E-state index contributed by atoms with van der Waals surface area (Å²) in [5.41, 5.74) is 1.35. The summed E-state index contributed by atoms with van der Waals surface area (Å²) < 4.78 is 136. The fraction of sp³-hybridized carbons (Fsp3) is 0.367. The Balaban J connectivity index is 1.63. The van der Waals surface area contributed by atoms with Crippen LogP contribution in [0.15, 0.2) is 72.8 Å². The van der Waals surface area contributed by atoms with Crippen LogP contribution in [0, 0.1) is 6.92 Å². The number of aryl methyl sites for hydroxylation is 1. The van der Waals surface area contributed by atoms with Crippen LogP contribution < -0.4 is 4.74 Å². The molecule has 0 radical (unpaired) electrons. The number of azo groups is 1. The summed E-state index contributed by atoms with van der Waals surface area (Å²) >= 11 is 2.52. The molecule has 18 nitrogen and oxygen atoms in total. The molecule has 294 valence electrons. The van der Waals surface area contributed by atoms with E-state index < -0.39 is 50.3 Å². The highest BCUT2D eigenvalue weighted by Crippen LogP contribution is 2.36. The van der Waals surface area contributed by atoms with Gasteiger partial charge in [0.25, 0.3) is 40.5 Å². The van der Waals surface area contributed by atoms with Crippen molar-refractivity contribution >= 4 is 86.1 Å². The van der Waals surface area contributed by atoms with Gasteiger partial charge in [-0.1, -0.05) is 35.7 Å². The van der Waals surface area contributed by atoms with Gasteiger partial charge < -0.3 is 4.74 Å². The number of hydrogen-bond donors (Lipinski definition) is 4. The highest BCUT2D eigenvalue weighted by molar-refractivity contribution is 7.99. The van der Waals surface area contributed by atoms with Gasteiger partial charge in [-0.15, -0.1) is 0 Å². The number of aromatic nitrogens is 3. The van der Waals surface area contributed by atoms with E-state index in [1.54, 1.807) is 19.1 Å². The molecule has 0 aliphatic rings. The van der Waals surface area contributed by atoms with Crippen molar-refractivity contribution in [1.82, 2.24) is 15.0 Å². The number of ether oxygens (including phenoxy) is 1. The zero-order valence-corrected chi connectivity index (χ0v) is 33.5. The molecular formula is C30H35N5O13S6. The predicted molar refractivity (Wildman–Crippen MR) is 201 cm³/mol. The third kappa shape index (κ3) is 13.2. The second-order valence-corrected chi connectivity index (χ2v) is 19.6. The minimum Gasteiger partial charge on any atom is -0.496 e.